The molecule has 2 aliphatic rings. The van der Waals surface area contributed by atoms with Crippen LogP contribution in [0.5, 0.6) is 0 Å². The minimum absolute atomic E-state index is 0.622. The van der Waals surface area contributed by atoms with Gasteiger partial charge in [-0.1, -0.05) is 0 Å². The second-order valence-corrected chi connectivity index (χ2v) is 5.61. The molecule has 0 aliphatic carbocycles. The standard InChI is InChI=1S/C12H23NO10/c13-5-7(17)10(4(2-15)21-11(5)20)23-12-9(19)8(18)6(16)3(1-14)22-12/h3-12,14-20H,1-2,13H2/t3?,4?,5?,6-,7+,8-,9?,10+,11?,12-/m0/s1. The summed E-state index contributed by atoms with van der Waals surface area (Å²) in [6.07, 6.45) is -13.0. The zero-order chi connectivity index (χ0) is 17.3. The molecule has 0 bridgehead atoms. The van der Waals surface area contributed by atoms with E-state index in [1.54, 1.807) is 0 Å². The molecule has 2 rings (SSSR count). The Balaban J connectivity index is 2.11. The third-order valence-electron chi connectivity index (χ3n) is 4.06. The van der Waals surface area contributed by atoms with Crippen LogP contribution in [-0.2, 0) is 14.2 Å². The quantitative estimate of drug-likeness (QED) is 0.243. The van der Waals surface area contributed by atoms with Gasteiger partial charge in [-0.25, -0.2) is 0 Å². The van der Waals surface area contributed by atoms with Crippen LogP contribution in [-0.4, -0.2) is 110 Å². The molecule has 23 heavy (non-hydrogen) atoms. The van der Waals surface area contributed by atoms with E-state index < -0.39 is 74.6 Å². The second kappa shape index (κ2) is 7.63. The van der Waals surface area contributed by atoms with Gasteiger partial charge >= 0.3 is 0 Å². The Morgan fingerprint density at radius 1 is 0.783 bits per heavy atom. The molecule has 0 aromatic carbocycles. The summed E-state index contributed by atoms with van der Waals surface area (Å²) >= 11 is 0. The molecule has 0 spiro atoms. The average Bonchev–Trinajstić information content (AvgIpc) is 2.55. The van der Waals surface area contributed by atoms with Crippen LogP contribution in [0.4, 0.5) is 0 Å². The van der Waals surface area contributed by atoms with Crippen LogP contribution in [0.2, 0.25) is 0 Å². The number of aliphatic hydroxyl groups excluding tert-OH is 7. The van der Waals surface area contributed by atoms with Crippen LogP contribution in [0.3, 0.4) is 0 Å². The molecule has 0 saturated carbocycles. The van der Waals surface area contributed by atoms with Crippen molar-refractivity contribution in [2.75, 3.05) is 13.2 Å². The molecule has 0 radical (unpaired) electrons. The van der Waals surface area contributed by atoms with Gasteiger partial charge in [-0.2, -0.15) is 0 Å². The summed E-state index contributed by atoms with van der Waals surface area (Å²) < 4.78 is 15.5. The number of hydrogen-bond acceptors (Lipinski definition) is 11. The van der Waals surface area contributed by atoms with Crippen LogP contribution < -0.4 is 5.73 Å². The highest BCUT2D eigenvalue weighted by Crippen LogP contribution is 2.27. The van der Waals surface area contributed by atoms with Crippen molar-refractivity contribution in [2.24, 2.45) is 5.73 Å². The van der Waals surface area contributed by atoms with Crippen LogP contribution >= 0.6 is 0 Å². The smallest absolute Gasteiger partial charge is 0.187 e. The number of aliphatic hydroxyl groups is 7. The summed E-state index contributed by atoms with van der Waals surface area (Å²) in [4.78, 5) is 0. The van der Waals surface area contributed by atoms with E-state index in [0.717, 1.165) is 0 Å². The molecule has 2 aliphatic heterocycles. The fourth-order valence-electron chi connectivity index (χ4n) is 2.60. The molecule has 2 fully saturated rings. The van der Waals surface area contributed by atoms with Crippen molar-refractivity contribution < 1.29 is 50.0 Å². The Hall–Kier alpha value is -0.440. The van der Waals surface area contributed by atoms with Crippen molar-refractivity contribution in [1.82, 2.24) is 0 Å². The number of ether oxygens (including phenoxy) is 3. The van der Waals surface area contributed by atoms with Gasteiger partial charge < -0.3 is 55.7 Å². The SMILES string of the molecule is NC1C(O)OC(CO)[C@@H](O[C@@H]2OC(CO)[C@H](O)[C@H](O)C2O)[C@@H]1O. The Kier molecular flexibility index (Phi) is 6.27. The van der Waals surface area contributed by atoms with Crippen LogP contribution in [0.1, 0.15) is 0 Å². The van der Waals surface area contributed by atoms with E-state index >= 15 is 0 Å². The summed E-state index contributed by atoms with van der Waals surface area (Å²) in [6.45, 7) is -1.26. The fourth-order valence-corrected chi connectivity index (χ4v) is 2.60. The normalized spacial score (nSPS) is 51.7. The Bertz CT molecular complexity index is 383. The molecule has 0 aromatic rings. The largest absolute Gasteiger partial charge is 0.394 e. The van der Waals surface area contributed by atoms with E-state index in [1.165, 1.54) is 0 Å². The molecule has 5 unspecified atom stereocenters. The first-order valence-electron chi connectivity index (χ1n) is 7.15. The lowest BCUT2D eigenvalue weighted by Crippen LogP contribution is -2.66. The molecule has 0 amide bonds. The van der Waals surface area contributed by atoms with Crippen molar-refractivity contribution in [1.29, 1.82) is 0 Å². The van der Waals surface area contributed by atoms with E-state index in [2.05, 4.69) is 0 Å². The molecule has 2 heterocycles. The van der Waals surface area contributed by atoms with Crippen LogP contribution in [0.15, 0.2) is 0 Å². The predicted molar refractivity (Wildman–Crippen MR) is 70.6 cm³/mol. The van der Waals surface area contributed by atoms with Crippen molar-refractivity contribution in [3.63, 3.8) is 0 Å². The summed E-state index contributed by atoms with van der Waals surface area (Å²) in [7, 11) is 0. The number of nitrogens with two attached hydrogens (primary N) is 1. The van der Waals surface area contributed by atoms with Crippen molar-refractivity contribution in [2.45, 2.75) is 61.3 Å². The molecular formula is C12H23NO10. The van der Waals surface area contributed by atoms with Gasteiger partial charge in [-0.05, 0) is 0 Å². The summed E-state index contributed by atoms with van der Waals surface area (Å²) in [6, 6.07) is -1.23. The minimum Gasteiger partial charge on any atom is -0.394 e. The highest BCUT2D eigenvalue weighted by Gasteiger charge is 2.49. The van der Waals surface area contributed by atoms with Gasteiger partial charge in [0.15, 0.2) is 12.6 Å². The van der Waals surface area contributed by atoms with Gasteiger partial charge in [0.25, 0.3) is 0 Å². The summed E-state index contributed by atoms with van der Waals surface area (Å²) in [5.74, 6) is 0. The zero-order valence-electron chi connectivity index (χ0n) is 12.1. The first-order chi connectivity index (χ1) is 10.8. The Morgan fingerprint density at radius 2 is 1.39 bits per heavy atom. The highest BCUT2D eigenvalue weighted by molar-refractivity contribution is 4.94. The molecule has 0 aromatic heterocycles. The first kappa shape index (κ1) is 18.9. The van der Waals surface area contributed by atoms with Crippen LogP contribution in [0, 0.1) is 0 Å². The second-order valence-electron chi connectivity index (χ2n) is 5.61. The fraction of sp³-hybridized carbons (Fsp3) is 1.00. The van der Waals surface area contributed by atoms with E-state index in [-0.39, 0.29) is 0 Å². The van der Waals surface area contributed by atoms with Gasteiger partial charge in [-0.3, -0.25) is 0 Å². The lowest BCUT2D eigenvalue weighted by atomic mass is 9.96. The maximum Gasteiger partial charge on any atom is 0.187 e. The third kappa shape index (κ3) is 3.65. The number of rotatable bonds is 4. The average molecular weight is 341 g/mol. The predicted octanol–water partition coefficient (Wildman–Crippen LogP) is -5.43. The summed E-state index contributed by atoms with van der Waals surface area (Å²) in [5, 5.41) is 67.3. The van der Waals surface area contributed by atoms with Crippen LogP contribution in [0.25, 0.3) is 0 Å². The molecule has 11 heteroatoms. The molecule has 9 N–H and O–H groups in total. The Morgan fingerprint density at radius 3 is 1.96 bits per heavy atom. The number of hydrogen-bond donors (Lipinski definition) is 8. The van der Waals surface area contributed by atoms with Gasteiger partial charge in [0.1, 0.15) is 42.7 Å². The van der Waals surface area contributed by atoms with Gasteiger partial charge in [0.05, 0.1) is 19.3 Å². The topological polar surface area (TPSA) is 195 Å². The van der Waals surface area contributed by atoms with Gasteiger partial charge in [-0.15, -0.1) is 0 Å². The minimum atomic E-state index is -1.68. The third-order valence-corrected chi connectivity index (χ3v) is 4.06. The Labute approximate surface area is 131 Å². The lowest BCUT2D eigenvalue weighted by Gasteiger charge is -2.45. The molecule has 11 nitrogen and oxygen atoms in total. The molecule has 2 saturated heterocycles. The molecule has 136 valence electrons. The first-order valence-corrected chi connectivity index (χ1v) is 7.15. The van der Waals surface area contributed by atoms with E-state index in [0.29, 0.717) is 0 Å². The monoisotopic (exact) mass is 341 g/mol. The van der Waals surface area contributed by atoms with Gasteiger partial charge in [0.2, 0.25) is 0 Å². The van der Waals surface area contributed by atoms with E-state index in [9.17, 15) is 30.6 Å². The zero-order valence-corrected chi connectivity index (χ0v) is 12.1. The van der Waals surface area contributed by atoms with Crippen molar-refractivity contribution in [3.8, 4) is 0 Å². The van der Waals surface area contributed by atoms with Crippen molar-refractivity contribution >= 4 is 0 Å². The molecule has 10 atom stereocenters. The lowest BCUT2D eigenvalue weighted by molar-refractivity contribution is -0.344. The van der Waals surface area contributed by atoms with Gasteiger partial charge in [0, 0.05) is 0 Å². The van der Waals surface area contributed by atoms with E-state index in [4.69, 9.17) is 25.1 Å². The summed E-state index contributed by atoms with van der Waals surface area (Å²) in [5.41, 5.74) is 5.55. The maximum absolute atomic E-state index is 10.1. The maximum atomic E-state index is 10.1. The highest BCUT2D eigenvalue weighted by atomic mass is 16.7. The molecular weight excluding hydrogens is 318 g/mol. The van der Waals surface area contributed by atoms with Crippen molar-refractivity contribution in [3.05, 3.63) is 0 Å². The van der Waals surface area contributed by atoms with E-state index in [1.807, 2.05) is 0 Å².